The van der Waals surface area contributed by atoms with Gasteiger partial charge in [0.15, 0.2) is 5.57 Å². The second kappa shape index (κ2) is 8.75. The van der Waals surface area contributed by atoms with E-state index >= 15 is 0 Å². The molecule has 0 N–H and O–H groups in total. The fraction of sp³-hybridized carbons (Fsp3) is 0.222. The van der Waals surface area contributed by atoms with Crippen LogP contribution in [0.4, 0.5) is 4.39 Å². The van der Waals surface area contributed by atoms with Crippen molar-refractivity contribution in [3.63, 3.8) is 0 Å². The maximum absolute atomic E-state index is 13.8. The zero-order valence-corrected chi connectivity index (χ0v) is 14.7. The van der Waals surface area contributed by atoms with Crippen LogP contribution in [-0.2, 0) is 16.1 Å². The van der Waals surface area contributed by atoms with E-state index in [1.165, 1.54) is 36.0 Å². The Balaban J connectivity index is 2.59. The third kappa shape index (κ3) is 4.24. The normalized spacial score (nSPS) is 10.8. The number of hydrogen-bond acceptors (Lipinski definition) is 6. The highest BCUT2D eigenvalue weighted by atomic mass is 32.1. The number of methoxy groups -OCH3 is 1. The molecule has 1 aromatic heterocycles. The molecule has 0 amide bonds. The molecule has 0 aliphatic carbocycles. The molecule has 26 heavy (non-hydrogen) atoms. The van der Waals surface area contributed by atoms with Crippen molar-refractivity contribution < 1.29 is 13.9 Å². The van der Waals surface area contributed by atoms with Gasteiger partial charge in [0.05, 0.1) is 11.6 Å². The lowest BCUT2D eigenvalue weighted by atomic mass is 10.2. The second-order valence-corrected chi connectivity index (χ2v) is 6.20. The molecule has 2 rings (SSSR count). The molecule has 0 spiro atoms. The number of carbonyl (C=O) groups is 1. The summed E-state index contributed by atoms with van der Waals surface area (Å²) in [5.41, 5.74) is -0.422. The number of halogens is 1. The topological polar surface area (TPSA) is 95.9 Å². The molecule has 6 nitrogen and oxygen atoms in total. The van der Waals surface area contributed by atoms with Crippen LogP contribution in [0.15, 0.2) is 29.1 Å². The van der Waals surface area contributed by atoms with E-state index in [4.69, 9.17) is 10.5 Å². The summed E-state index contributed by atoms with van der Waals surface area (Å²) in [6, 6.07) is 9.50. The first-order chi connectivity index (χ1) is 12.5. The SMILES string of the molecule is COC(=O)CCCn1c(=C(C#N)C#N)s/c(=C/c2ccccc2F)c1=O. The van der Waals surface area contributed by atoms with Gasteiger partial charge in [0.1, 0.15) is 22.6 Å². The molecule has 0 aliphatic rings. The van der Waals surface area contributed by atoms with E-state index in [1.54, 1.807) is 18.2 Å². The minimum absolute atomic E-state index is 0.0963. The number of nitriles is 2. The van der Waals surface area contributed by atoms with Crippen molar-refractivity contribution in [3.05, 3.63) is 55.2 Å². The van der Waals surface area contributed by atoms with Gasteiger partial charge in [-0.05, 0) is 18.6 Å². The zero-order valence-electron chi connectivity index (χ0n) is 13.9. The first kappa shape index (κ1) is 19.1. The Bertz CT molecular complexity index is 1070. The molecule has 0 saturated carbocycles. The first-order valence-corrected chi connectivity index (χ1v) is 8.40. The number of esters is 1. The van der Waals surface area contributed by atoms with Crippen LogP contribution < -0.4 is 14.8 Å². The van der Waals surface area contributed by atoms with Gasteiger partial charge in [0, 0.05) is 18.5 Å². The Labute approximate surface area is 152 Å². The van der Waals surface area contributed by atoms with Crippen molar-refractivity contribution in [1.29, 1.82) is 10.5 Å². The standard InChI is InChI=1S/C18H14FN3O3S/c1-25-16(23)7-4-8-22-17(24)15(26-18(22)13(10-20)11-21)9-12-5-2-3-6-14(12)19/h2-3,5-6,9H,4,7-8H2,1H3/b15-9+. The van der Waals surface area contributed by atoms with Crippen molar-refractivity contribution in [3.8, 4) is 12.1 Å². The van der Waals surface area contributed by atoms with Crippen molar-refractivity contribution in [2.45, 2.75) is 19.4 Å². The van der Waals surface area contributed by atoms with Gasteiger partial charge in [0.25, 0.3) is 5.56 Å². The fourth-order valence-corrected chi connectivity index (χ4v) is 3.32. The van der Waals surface area contributed by atoms with Crippen LogP contribution in [0.5, 0.6) is 0 Å². The molecular weight excluding hydrogens is 357 g/mol. The van der Waals surface area contributed by atoms with Crippen molar-refractivity contribution in [1.82, 2.24) is 4.57 Å². The monoisotopic (exact) mass is 371 g/mol. The Morgan fingerprint density at radius 3 is 2.65 bits per heavy atom. The summed E-state index contributed by atoms with van der Waals surface area (Å²) < 4.78 is 20.0. The third-order valence-electron chi connectivity index (χ3n) is 3.53. The quantitative estimate of drug-likeness (QED) is 0.732. The minimum atomic E-state index is -0.483. The number of thiazole rings is 1. The highest BCUT2D eigenvalue weighted by molar-refractivity contribution is 7.07. The summed E-state index contributed by atoms with van der Waals surface area (Å²) in [7, 11) is 1.27. The molecule has 0 fully saturated rings. The highest BCUT2D eigenvalue weighted by Gasteiger charge is 2.11. The lowest BCUT2D eigenvalue weighted by molar-refractivity contribution is -0.140. The molecule has 8 heteroatoms. The Morgan fingerprint density at radius 2 is 2.04 bits per heavy atom. The van der Waals surface area contributed by atoms with E-state index in [0.717, 1.165) is 11.3 Å². The van der Waals surface area contributed by atoms with Gasteiger partial charge in [-0.25, -0.2) is 4.39 Å². The number of ether oxygens (including phenoxy) is 1. The third-order valence-corrected chi connectivity index (χ3v) is 4.66. The first-order valence-electron chi connectivity index (χ1n) is 7.59. The van der Waals surface area contributed by atoms with Crippen molar-refractivity contribution in [2.24, 2.45) is 0 Å². The van der Waals surface area contributed by atoms with Gasteiger partial charge in [0.2, 0.25) is 0 Å². The molecule has 0 saturated heterocycles. The Morgan fingerprint density at radius 1 is 1.35 bits per heavy atom. The Kier molecular flexibility index (Phi) is 6.42. The molecule has 0 aliphatic heterocycles. The lowest BCUT2D eigenvalue weighted by Crippen LogP contribution is -2.32. The molecule has 2 aromatic rings. The van der Waals surface area contributed by atoms with Gasteiger partial charge in [-0.15, -0.1) is 11.3 Å². The van der Waals surface area contributed by atoms with Crippen LogP contribution in [0.25, 0.3) is 11.6 Å². The summed E-state index contributed by atoms with van der Waals surface area (Å²) in [5.74, 6) is -0.901. The van der Waals surface area contributed by atoms with Gasteiger partial charge in [-0.3, -0.25) is 14.2 Å². The molecule has 0 atom stereocenters. The van der Waals surface area contributed by atoms with Gasteiger partial charge in [-0.1, -0.05) is 18.2 Å². The highest BCUT2D eigenvalue weighted by Crippen LogP contribution is 2.06. The average molecular weight is 371 g/mol. The van der Waals surface area contributed by atoms with Crippen LogP contribution in [0.1, 0.15) is 18.4 Å². The molecule has 1 heterocycles. The smallest absolute Gasteiger partial charge is 0.305 e. The number of aromatic nitrogens is 1. The van der Waals surface area contributed by atoms with E-state index in [1.807, 2.05) is 0 Å². The van der Waals surface area contributed by atoms with E-state index < -0.39 is 17.3 Å². The predicted octanol–water partition coefficient (Wildman–Crippen LogP) is 1.03. The number of hydrogen-bond donors (Lipinski definition) is 0. The molecule has 1 aromatic carbocycles. The predicted molar refractivity (Wildman–Crippen MR) is 93.7 cm³/mol. The maximum Gasteiger partial charge on any atom is 0.305 e. The van der Waals surface area contributed by atoms with Crippen LogP contribution in [-0.4, -0.2) is 17.6 Å². The molecule has 0 bridgehead atoms. The average Bonchev–Trinajstić information content (AvgIpc) is 2.94. The zero-order chi connectivity index (χ0) is 19.1. The van der Waals surface area contributed by atoms with Gasteiger partial charge in [-0.2, -0.15) is 10.5 Å². The van der Waals surface area contributed by atoms with Crippen molar-refractivity contribution in [2.75, 3.05) is 7.11 Å². The summed E-state index contributed by atoms with van der Waals surface area (Å²) >= 11 is 0.942. The number of carbonyl (C=O) groups excluding carboxylic acids is 1. The molecule has 0 radical (unpaired) electrons. The van der Waals surface area contributed by atoms with E-state index in [9.17, 15) is 14.0 Å². The largest absolute Gasteiger partial charge is 0.469 e. The Hall–Kier alpha value is -3.23. The van der Waals surface area contributed by atoms with Crippen LogP contribution >= 0.6 is 11.3 Å². The summed E-state index contributed by atoms with van der Waals surface area (Å²) in [6.07, 6.45) is 1.79. The van der Waals surface area contributed by atoms with Gasteiger partial charge < -0.3 is 4.74 Å². The molecular formula is C18H14FN3O3S. The van der Waals surface area contributed by atoms with E-state index in [2.05, 4.69) is 4.74 Å². The maximum atomic E-state index is 13.8. The number of nitrogens with zero attached hydrogens (tertiary/aromatic N) is 3. The number of rotatable bonds is 5. The summed E-state index contributed by atoms with van der Waals surface area (Å²) in [4.78, 5) is 23.9. The van der Waals surface area contributed by atoms with E-state index in [0.29, 0.717) is 6.42 Å². The second-order valence-electron chi connectivity index (χ2n) is 5.17. The lowest BCUT2D eigenvalue weighted by Gasteiger charge is -2.01. The summed E-state index contributed by atoms with van der Waals surface area (Å²) in [6.45, 7) is 0.137. The molecule has 0 unspecified atom stereocenters. The molecule has 132 valence electrons. The van der Waals surface area contributed by atoms with Crippen molar-refractivity contribution >= 4 is 29.0 Å². The van der Waals surface area contributed by atoms with Crippen LogP contribution in [0, 0.1) is 28.5 Å². The van der Waals surface area contributed by atoms with E-state index in [-0.39, 0.29) is 33.3 Å². The van der Waals surface area contributed by atoms with Crippen LogP contribution in [0.2, 0.25) is 0 Å². The minimum Gasteiger partial charge on any atom is -0.469 e. The fourth-order valence-electron chi connectivity index (χ4n) is 2.25. The van der Waals surface area contributed by atoms with Gasteiger partial charge >= 0.3 is 5.97 Å². The van der Waals surface area contributed by atoms with Crippen LogP contribution in [0.3, 0.4) is 0 Å². The summed E-state index contributed by atoms with van der Waals surface area (Å²) in [5, 5.41) is 18.3. The number of benzene rings is 1.